The highest BCUT2D eigenvalue weighted by molar-refractivity contribution is 7.80. The summed E-state index contributed by atoms with van der Waals surface area (Å²) in [5, 5.41) is 5.61. The maximum Gasteiger partial charge on any atom is 0.306 e. The van der Waals surface area contributed by atoms with Gasteiger partial charge >= 0.3 is 5.97 Å². The standard InChI is InChI=1S/C26H31N3O4S/c30-23(14-15-24(31)33-18-8-11-20-9-3-1-4-10-20)28-26(34)27-22-13-7-12-21(19-22)25(32)29-16-5-2-6-17-29/h1,3-4,7,9-10,12-13,19H,2,5-6,8,11,14-18H2,(H2,27,28,30,34). The van der Waals surface area contributed by atoms with Gasteiger partial charge in [0.05, 0.1) is 13.0 Å². The summed E-state index contributed by atoms with van der Waals surface area (Å²) < 4.78 is 5.20. The minimum Gasteiger partial charge on any atom is -0.466 e. The number of ether oxygens (including phenoxy) is 1. The first-order valence-corrected chi connectivity index (χ1v) is 12.1. The number of hydrogen-bond donors (Lipinski definition) is 2. The van der Waals surface area contributed by atoms with Crippen LogP contribution >= 0.6 is 12.2 Å². The number of hydrogen-bond acceptors (Lipinski definition) is 5. The first-order chi connectivity index (χ1) is 16.5. The third-order valence-electron chi connectivity index (χ3n) is 5.54. The molecule has 0 aromatic heterocycles. The van der Waals surface area contributed by atoms with E-state index in [4.69, 9.17) is 17.0 Å². The van der Waals surface area contributed by atoms with Gasteiger partial charge in [-0.15, -0.1) is 0 Å². The number of carbonyl (C=O) groups is 3. The number of aryl methyl sites for hydroxylation is 1. The summed E-state index contributed by atoms with van der Waals surface area (Å²) in [6, 6.07) is 17.0. The van der Waals surface area contributed by atoms with Crippen molar-refractivity contribution >= 4 is 40.8 Å². The lowest BCUT2D eigenvalue weighted by Crippen LogP contribution is -2.36. The van der Waals surface area contributed by atoms with E-state index >= 15 is 0 Å². The van der Waals surface area contributed by atoms with Crippen LogP contribution in [0.5, 0.6) is 0 Å². The van der Waals surface area contributed by atoms with Gasteiger partial charge in [0.1, 0.15) is 0 Å². The number of benzene rings is 2. The molecular formula is C26H31N3O4S. The van der Waals surface area contributed by atoms with Crippen molar-refractivity contribution < 1.29 is 19.1 Å². The van der Waals surface area contributed by atoms with E-state index in [1.54, 1.807) is 24.3 Å². The van der Waals surface area contributed by atoms with Crippen molar-refractivity contribution in [2.24, 2.45) is 0 Å². The van der Waals surface area contributed by atoms with Crippen LogP contribution in [0.1, 0.15) is 54.4 Å². The summed E-state index contributed by atoms with van der Waals surface area (Å²) in [4.78, 5) is 38.6. The van der Waals surface area contributed by atoms with Crippen LogP contribution < -0.4 is 10.6 Å². The number of likely N-dealkylation sites (tertiary alicyclic amines) is 1. The topological polar surface area (TPSA) is 87.7 Å². The molecule has 2 N–H and O–H groups in total. The monoisotopic (exact) mass is 481 g/mol. The second kappa shape index (κ2) is 13.4. The predicted molar refractivity (Wildman–Crippen MR) is 136 cm³/mol. The zero-order valence-electron chi connectivity index (χ0n) is 19.3. The Balaban J connectivity index is 1.34. The Hall–Kier alpha value is -3.26. The van der Waals surface area contributed by atoms with E-state index in [1.165, 1.54) is 5.56 Å². The molecule has 0 unspecified atom stereocenters. The third kappa shape index (κ3) is 8.59. The predicted octanol–water partition coefficient (Wildman–Crippen LogP) is 4.08. The molecule has 7 nitrogen and oxygen atoms in total. The molecule has 34 heavy (non-hydrogen) atoms. The second-order valence-corrected chi connectivity index (χ2v) is 8.65. The van der Waals surface area contributed by atoms with E-state index in [-0.39, 0.29) is 29.8 Å². The van der Waals surface area contributed by atoms with E-state index < -0.39 is 5.97 Å². The number of thiocarbonyl (C=S) groups is 1. The van der Waals surface area contributed by atoms with E-state index in [0.29, 0.717) is 17.9 Å². The van der Waals surface area contributed by atoms with Gasteiger partial charge in [-0.25, -0.2) is 0 Å². The summed E-state index contributed by atoms with van der Waals surface area (Å²) in [5.74, 6) is -0.786. The van der Waals surface area contributed by atoms with Crippen molar-refractivity contribution in [1.29, 1.82) is 0 Å². The smallest absolute Gasteiger partial charge is 0.306 e. The molecule has 1 aliphatic heterocycles. The molecule has 0 bridgehead atoms. The molecule has 2 amide bonds. The Bertz CT molecular complexity index is 991. The first-order valence-electron chi connectivity index (χ1n) is 11.7. The molecule has 3 rings (SSSR count). The lowest BCUT2D eigenvalue weighted by atomic mass is 10.1. The summed E-state index contributed by atoms with van der Waals surface area (Å²) >= 11 is 5.20. The maximum atomic E-state index is 12.7. The fraction of sp³-hybridized carbons (Fsp3) is 0.385. The zero-order chi connectivity index (χ0) is 24.2. The van der Waals surface area contributed by atoms with Crippen LogP contribution in [0.2, 0.25) is 0 Å². The maximum absolute atomic E-state index is 12.7. The molecule has 0 spiro atoms. The van der Waals surface area contributed by atoms with Gasteiger partial charge in [-0.3, -0.25) is 14.4 Å². The Morgan fingerprint density at radius 2 is 1.71 bits per heavy atom. The minimum absolute atomic E-state index is 0.000541. The van der Waals surface area contributed by atoms with E-state index in [2.05, 4.69) is 10.6 Å². The Morgan fingerprint density at radius 3 is 2.47 bits per heavy atom. The molecule has 2 aromatic carbocycles. The van der Waals surface area contributed by atoms with E-state index in [1.807, 2.05) is 35.2 Å². The summed E-state index contributed by atoms with van der Waals surface area (Å²) in [6.07, 6.45) is 4.74. The highest BCUT2D eigenvalue weighted by Gasteiger charge is 2.18. The van der Waals surface area contributed by atoms with Gasteiger partial charge in [0, 0.05) is 30.8 Å². The van der Waals surface area contributed by atoms with Gasteiger partial charge in [-0.05, 0) is 68.1 Å². The van der Waals surface area contributed by atoms with Gasteiger partial charge in [-0.2, -0.15) is 0 Å². The molecule has 8 heteroatoms. The van der Waals surface area contributed by atoms with Crippen molar-refractivity contribution in [3.05, 3.63) is 65.7 Å². The van der Waals surface area contributed by atoms with Crippen LogP contribution in [0.4, 0.5) is 5.69 Å². The Kier molecular flexibility index (Phi) is 10.0. The van der Waals surface area contributed by atoms with Crippen molar-refractivity contribution in [1.82, 2.24) is 10.2 Å². The molecule has 2 aromatic rings. The van der Waals surface area contributed by atoms with Crippen molar-refractivity contribution in [3.8, 4) is 0 Å². The number of rotatable bonds is 9. The van der Waals surface area contributed by atoms with E-state index in [0.717, 1.165) is 45.2 Å². The molecule has 1 aliphatic rings. The van der Waals surface area contributed by atoms with Gasteiger partial charge in [0.15, 0.2) is 5.11 Å². The number of nitrogens with one attached hydrogen (secondary N) is 2. The average molecular weight is 482 g/mol. The van der Waals surface area contributed by atoms with Gasteiger partial charge < -0.3 is 20.3 Å². The molecule has 0 aliphatic carbocycles. The van der Waals surface area contributed by atoms with Crippen LogP contribution in [-0.2, 0) is 20.7 Å². The summed E-state index contributed by atoms with van der Waals surface area (Å²) in [5.41, 5.74) is 2.39. The van der Waals surface area contributed by atoms with Crippen molar-refractivity contribution in [3.63, 3.8) is 0 Å². The van der Waals surface area contributed by atoms with Crippen LogP contribution in [-0.4, -0.2) is 47.5 Å². The van der Waals surface area contributed by atoms with Gasteiger partial charge in [0.25, 0.3) is 5.91 Å². The van der Waals surface area contributed by atoms with E-state index in [9.17, 15) is 14.4 Å². The minimum atomic E-state index is -0.411. The number of carbonyl (C=O) groups excluding carboxylic acids is 3. The number of nitrogens with zero attached hydrogens (tertiary/aromatic N) is 1. The first kappa shape index (κ1) is 25.4. The second-order valence-electron chi connectivity index (χ2n) is 8.25. The van der Waals surface area contributed by atoms with Gasteiger partial charge in [-0.1, -0.05) is 36.4 Å². The Labute approximate surface area is 205 Å². The van der Waals surface area contributed by atoms with Crippen LogP contribution in [0.15, 0.2) is 54.6 Å². The normalized spacial score (nSPS) is 13.1. The highest BCUT2D eigenvalue weighted by atomic mass is 32.1. The lowest BCUT2D eigenvalue weighted by Gasteiger charge is -2.26. The Morgan fingerprint density at radius 1 is 0.941 bits per heavy atom. The third-order valence-corrected chi connectivity index (χ3v) is 5.74. The summed E-state index contributed by atoms with van der Waals surface area (Å²) in [7, 11) is 0. The molecule has 0 saturated carbocycles. The molecular weight excluding hydrogens is 450 g/mol. The van der Waals surface area contributed by atoms with Crippen LogP contribution in [0.3, 0.4) is 0 Å². The SMILES string of the molecule is O=C(CCC(=O)OCCCc1ccccc1)NC(=S)Nc1cccc(C(=O)N2CCCCC2)c1. The number of amides is 2. The highest BCUT2D eigenvalue weighted by Crippen LogP contribution is 2.16. The van der Waals surface area contributed by atoms with Crippen LogP contribution in [0.25, 0.3) is 0 Å². The largest absolute Gasteiger partial charge is 0.466 e. The fourth-order valence-corrected chi connectivity index (χ4v) is 3.99. The summed E-state index contributed by atoms with van der Waals surface area (Å²) in [6.45, 7) is 1.88. The molecule has 0 radical (unpaired) electrons. The van der Waals surface area contributed by atoms with Gasteiger partial charge in [0.2, 0.25) is 5.91 Å². The molecule has 1 saturated heterocycles. The van der Waals surface area contributed by atoms with Crippen molar-refractivity contribution in [2.75, 3.05) is 25.0 Å². The quantitative estimate of drug-likeness (QED) is 0.319. The lowest BCUT2D eigenvalue weighted by molar-refractivity contribution is -0.145. The zero-order valence-corrected chi connectivity index (χ0v) is 20.1. The number of piperidine rings is 1. The molecule has 0 atom stereocenters. The number of anilines is 1. The molecule has 1 fully saturated rings. The fourth-order valence-electron chi connectivity index (χ4n) is 3.76. The number of esters is 1. The molecule has 180 valence electrons. The van der Waals surface area contributed by atoms with Crippen LogP contribution in [0, 0.1) is 0 Å². The van der Waals surface area contributed by atoms with Crippen molar-refractivity contribution in [2.45, 2.75) is 44.9 Å². The average Bonchev–Trinajstić information content (AvgIpc) is 2.86. The molecule has 1 heterocycles.